The van der Waals surface area contributed by atoms with Crippen LogP contribution in [0.5, 0.6) is 5.75 Å². The van der Waals surface area contributed by atoms with Gasteiger partial charge in [0.05, 0.1) is 12.0 Å². The molecule has 0 unspecified atom stereocenters. The zero-order valence-electron chi connectivity index (χ0n) is 14.8. The second kappa shape index (κ2) is 7.80. The number of sulfonamides is 1. The number of carbonyl (C=O) groups excluding carboxylic acids is 1. The smallest absolute Gasteiger partial charge is 0.241 e. The number of benzene rings is 2. The average Bonchev–Trinajstić information content (AvgIpc) is 2.59. The van der Waals surface area contributed by atoms with Crippen molar-refractivity contribution in [1.29, 1.82) is 0 Å². The van der Waals surface area contributed by atoms with Crippen molar-refractivity contribution in [3.05, 3.63) is 59.7 Å². The SMILES string of the molecule is COc1ccc([C@H](NS(=O)(=O)c2cccc(C(C)=O)c2)C(C)C)cc1. The predicted molar refractivity (Wildman–Crippen MR) is 97.3 cm³/mol. The Morgan fingerprint density at radius 2 is 1.72 bits per heavy atom. The van der Waals surface area contributed by atoms with Crippen LogP contribution in [-0.4, -0.2) is 21.3 Å². The molecule has 1 atom stereocenters. The third-order valence-corrected chi connectivity index (χ3v) is 5.41. The fraction of sp³-hybridized carbons (Fsp3) is 0.316. The van der Waals surface area contributed by atoms with Crippen molar-refractivity contribution in [2.75, 3.05) is 7.11 Å². The second-order valence-electron chi connectivity index (χ2n) is 6.20. The molecule has 0 aliphatic carbocycles. The van der Waals surface area contributed by atoms with Crippen LogP contribution in [0.15, 0.2) is 53.4 Å². The van der Waals surface area contributed by atoms with Gasteiger partial charge in [0.15, 0.2) is 5.78 Å². The van der Waals surface area contributed by atoms with Gasteiger partial charge < -0.3 is 4.74 Å². The summed E-state index contributed by atoms with van der Waals surface area (Å²) in [4.78, 5) is 11.6. The van der Waals surface area contributed by atoms with Crippen LogP contribution in [-0.2, 0) is 10.0 Å². The molecule has 0 amide bonds. The Labute approximate surface area is 149 Å². The first-order chi connectivity index (χ1) is 11.7. The van der Waals surface area contributed by atoms with E-state index < -0.39 is 16.1 Å². The molecule has 2 aromatic rings. The van der Waals surface area contributed by atoms with Gasteiger partial charge >= 0.3 is 0 Å². The van der Waals surface area contributed by atoms with Gasteiger partial charge in [-0.2, -0.15) is 0 Å². The van der Waals surface area contributed by atoms with Crippen LogP contribution in [0.3, 0.4) is 0 Å². The molecule has 0 saturated carbocycles. The first kappa shape index (κ1) is 19.1. The van der Waals surface area contributed by atoms with Gasteiger partial charge in [-0.15, -0.1) is 0 Å². The number of nitrogens with one attached hydrogen (secondary N) is 1. The van der Waals surface area contributed by atoms with Crippen LogP contribution in [0.4, 0.5) is 0 Å². The molecule has 0 spiro atoms. The molecule has 2 rings (SSSR count). The van der Waals surface area contributed by atoms with Crippen molar-refractivity contribution in [2.45, 2.75) is 31.7 Å². The quantitative estimate of drug-likeness (QED) is 0.765. The number of ketones is 1. The number of carbonyl (C=O) groups is 1. The Bertz CT molecular complexity index is 842. The molecule has 134 valence electrons. The summed E-state index contributed by atoms with van der Waals surface area (Å²) in [5, 5.41) is 0. The third-order valence-electron chi connectivity index (χ3n) is 3.97. The van der Waals surface area contributed by atoms with Crippen molar-refractivity contribution in [3.8, 4) is 5.75 Å². The lowest BCUT2D eigenvalue weighted by Gasteiger charge is -2.23. The summed E-state index contributed by atoms with van der Waals surface area (Å²) in [5.41, 5.74) is 1.22. The summed E-state index contributed by atoms with van der Waals surface area (Å²) < 4.78 is 33.4. The highest BCUT2D eigenvalue weighted by molar-refractivity contribution is 7.89. The molecule has 0 fully saturated rings. The van der Waals surface area contributed by atoms with Gasteiger partial charge in [0.25, 0.3) is 0 Å². The molecule has 5 nitrogen and oxygen atoms in total. The molecule has 0 radical (unpaired) electrons. The Morgan fingerprint density at radius 1 is 1.08 bits per heavy atom. The molecule has 0 heterocycles. The fourth-order valence-corrected chi connectivity index (χ4v) is 3.94. The van der Waals surface area contributed by atoms with Crippen LogP contribution in [0.2, 0.25) is 0 Å². The highest BCUT2D eigenvalue weighted by Gasteiger charge is 2.24. The minimum atomic E-state index is -3.76. The monoisotopic (exact) mass is 361 g/mol. The lowest BCUT2D eigenvalue weighted by molar-refractivity contribution is 0.101. The first-order valence-electron chi connectivity index (χ1n) is 8.02. The van der Waals surface area contributed by atoms with E-state index in [9.17, 15) is 13.2 Å². The minimum Gasteiger partial charge on any atom is -0.497 e. The Balaban J connectivity index is 2.34. The molecule has 0 aliphatic rings. The summed E-state index contributed by atoms with van der Waals surface area (Å²) in [7, 11) is -2.17. The highest BCUT2D eigenvalue weighted by Crippen LogP contribution is 2.26. The molecule has 0 aromatic heterocycles. The van der Waals surface area contributed by atoms with E-state index in [2.05, 4.69) is 4.72 Å². The zero-order valence-corrected chi connectivity index (χ0v) is 15.6. The van der Waals surface area contributed by atoms with Crippen molar-refractivity contribution in [2.24, 2.45) is 5.92 Å². The zero-order chi connectivity index (χ0) is 18.6. The van der Waals surface area contributed by atoms with Gasteiger partial charge in [0.2, 0.25) is 10.0 Å². The Hall–Kier alpha value is -2.18. The standard InChI is InChI=1S/C19H23NO4S/c1-13(2)19(15-8-10-17(24-4)11-9-15)20-25(22,23)18-7-5-6-16(12-18)14(3)21/h5-13,19-20H,1-4H3/t19-/m1/s1. The number of hydrogen-bond donors (Lipinski definition) is 1. The van der Waals surface area contributed by atoms with E-state index in [0.29, 0.717) is 11.3 Å². The number of methoxy groups -OCH3 is 1. The van der Waals surface area contributed by atoms with E-state index in [1.165, 1.54) is 19.1 Å². The Morgan fingerprint density at radius 3 is 2.24 bits per heavy atom. The summed E-state index contributed by atoms with van der Waals surface area (Å²) in [6, 6.07) is 13.0. The van der Waals surface area contributed by atoms with E-state index >= 15 is 0 Å². The predicted octanol–water partition coefficient (Wildman–Crippen LogP) is 3.57. The third kappa shape index (κ3) is 4.67. The molecule has 0 saturated heterocycles. The summed E-state index contributed by atoms with van der Waals surface area (Å²) >= 11 is 0. The van der Waals surface area contributed by atoms with Crippen LogP contribution in [0.1, 0.15) is 42.7 Å². The van der Waals surface area contributed by atoms with Gasteiger partial charge in [-0.25, -0.2) is 13.1 Å². The maximum absolute atomic E-state index is 12.8. The lowest BCUT2D eigenvalue weighted by atomic mass is 9.97. The van der Waals surface area contributed by atoms with Crippen LogP contribution in [0, 0.1) is 5.92 Å². The van der Waals surface area contributed by atoms with Crippen LogP contribution >= 0.6 is 0 Å². The van der Waals surface area contributed by atoms with Crippen molar-refractivity contribution in [3.63, 3.8) is 0 Å². The van der Waals surface area contributed by atoms with Gasteiger partial charge in [-0.1, -0.05) is 38.1 Å². The van der Waals surface area contributed by atoms with Gasteiger partial charge in [-0.3, -0.25) is 4.79 Å². The molecular weight excluding hydrogens is 338 g/mol. The fourth-order valence-electron chi connectivity index (χ4n) is 2.52. The first-order valence-corrected chi connectivity index (χ1v) is 9.50. The largest absolute Gasteiger partial charge is 0.497 e. The van der Waals surface area contributed by atoms with Crippen molar-refractivity contribution < 1.29 is 17.9 Å². The summed E-state index contributed by atoms with van der Waals surface area (Å²) in [6.45, 7) is 5.31. The number of ether oxygens (including phenoxy) is 1. The van der Waals surface area contributed by atoms with E-state index in [1.807, 2.05) is 26.0 Å². The van der Waals surface area contributed by atoms with Gasteiger partial charge in [0.1, 0.15) is 5.75 Å². The molecule has 0 aliphatic heterocycles. The normalized spacial score (nSPS) is 12.8. The number of rotatable bonds is 7. The summed E-state index contributed by atoms with van der Waals surface area (Å²) in [5.74, 6) is 0.579. The van der Waals surface area contributed by atoms with Gasteiger partial charge in [0, 0.05) is 11.6 Å². The molecule has 1 N–H and O–H groups in total. The van der Waals surface area contributed by atoms with Gasteiger partial charge in [-0.05, 0) is 42.7 Å². The molecule has 6 heteroatoms. The van der Waals surface area contributed by atoms with E-state index in [4.69, 9.17) is 4.74 Å². The van der Waals surface area contributed by atoms with E-state index in [1.54, 1.807) is 31.4 Å². The summed E-state index contributed by atoms with van der Waals surface area (Å²) in [6.07, 6.45) is 0. The number of hydrogen-bond acceptors (Lipinski definition) is 4. The van der Waals surface area contributed by atoms with E-state index in [-0.39, 0.29) is 16.6 Å². The average molecular weight is 361 g/mol. The number of Topliss-reactive ketones (excluding diaryl/α,β-unsaturated/α-hetero) is 1. The lowest BCUT2D eigenvalue weighted by Crippen LogP contribution is -2.32. The van der Waals surface area contributed by atoms with Crippen molar-refractivity contribution >= 4 is 15.8 Å². The maximum Gasteiger partial charge on any atom is 0.241 e. The topological polar surface area (TPSA) is 72.5 Å². The molecule has 0 bridgehead atoms. The minimum absolute atomic E-state index is 0.0409. The van der Waals surface area contributed by atoms with Crippen LogP contribution in [0.25, 0.3) is 0 Å². The Kier molecular flexibility index (Phi) is 5.98. The highest BCUT2D eigenvalue weighted by atomic mass is 32.2. The van der Waals surface area contributed by atoms with E-state index in [0.717, 1.165) is 5.56 Å². The van der Waals surface area contributed by atoms with Crippen LogP contribution < -0.4 is 9.46 Å². The van der Waals surface area contributed by atoms with Crippen molar-refractivity contribution in [1.82, 2.24) is 4.72 Å². The molecular formula is C19H23NO4S. The maximum atomic E-state index is 12.8. The second-order valence-corrected chi connectivity index (χ2v) is 7.91. The molecule has 2 aromatic carbocycles. The molecule has 25 heavy (non-hydrogen) atoms.